The summed E-state index contributed by atoms with van der Waals surface area (Å²) in [5.41, 5.74) is 2.57. The van der Waals surface area contributed by atoms with Gasteiger partial charge in [-0.3, -0.25) is 0 Å². The number of para-hydroxylation sites is 1. The van der Waals surface area contributed by atoms with E-state index in [1.165, 1.54) is 37.3 Å². The predicted octanol–water partition coefficient (Wildman–Crippen LogP) is 3.50. The Labute approximate surface area is 163 Å². The van der Waals surface area contributed by atoms with Crippen molar-refractivity contribution >= 4 is 0 Å². The van der Waals surface area contributed by atoms with Crippen LogP contribution < -0.4 is 9.47 Å². The van der Waals surface area contributed by atoms with Crippen LogP contribution >= 0.6 is 0 Å². The van der Waals surface area contributed by atoms with Gasteiger partial charge in [-0.15, -0.1) is 0 Å². The van der Waals surface area contributed by atoms with Crippen molar-refractivity contribution in [3.8, 4) is 11.5 Å². The highest BCUT2D eigenvalue weighted by Crippen LogP contribution is 2.21. The van der Waals surface area contributed by atoms with E-state index in [2.05, 4.69) is 59.3 Å². The molecule has 1 fully saturated rings. The van der Waals surface area contributed by atoms with E-state index in [1.807, 2.05) is 6.07 Å². The van der Waals surface area contributed by atoms with Crippen LogP contribution in [0.25, 0.3) is 0 Å². The van der Waals surface area contributed by atoms with Gasteiger partial charge in [0, 0.05) is 32.7 Å². The molecule has 27 heavy (non-hydrogen) atoms. The number of hydrogen-bond donors (Lipinski definition) is 0. The molecule has 0 N–H and O–H groups in total. The average molecular weight is 369 g/mol. The molecule has 0 amide bonds. The fourth-order valence-electron chi connectivity index (χ4n) is 3.50. The molecule has 2 aromatic rings. The van der Waals surface area contributed by atoms with Gasteiger partial charge in [-0.2, -0.15) is 0 Å². The van der Waals surface area contributed by atoms with Crippen molar-refractivity contribution in [1.29, 1.82) is 0 Å². The number of rotatable bonds is 9. The normalized spacial score (nSPS) is 15.6. The lowest BCUT2D eigenvalue weighted by Crippen LogP contribution is -2.44. The Hall–Kier alpha value is -2.04. The van der Waals surface area contributed by atoms with Crippen LogP contribution in [-0.2, 0) is 12.8 Å². The van der Waals surface area contributed by atoms with Crippen LogP contribution in [0.5, 0.6) is 11.5 Å². The summed E-state index contributed by atoms with van der Waals surface area (Å²) in [6, 6.07) is 16.7. The molecule has 0 unspecified atom stereocenters. The smallest absolute Gasteiger partial charge is 0.122 e. The van der Waals surface area contributed by atoms with Gasteiger partial charge in [-0.1, -0.05) is 30.3 Å². The molecule has 2 aromatic carbocycles. The molecule has 1 heterocycles. The molecule has 0 bridgehead atoms. The maximum absolute atomic E-state index is 6.12. The summed E-state index contributed by atoms with van der Waals surface area (Å²) in [4.78, 5) is 4.93. The van der Waals surface area contributed by atoms with Gasteiger partial charge >= 0.3 is 0 Å². The number of likely N-dealkylation sites (N-methyl/N-ethyl adjacent to an activating group) is 1. The molecule has 4 nitrogen and oxygen atoms in total. The highest BCUT2D eigenvalue weighted by Gasteiger charge is 2.13. The van der Waals surface area contributed by atoms with Gasteiger partial charge in [0.15, 0.2) is 0 Å². The van der Waals surface area contributed by atoms with Gasteiger partial charge in [0.1, 0.15) is 11.5 Å². The van der Waals surface area contributed by atoms with Gasteiger partial charge < -0.3 is 19.3 Å². The number of benzene rings is 2. The minimum atomic E-state index is 0.780. The van der Waals surface area contributed by atoms with Gasteiger partial charge in [0.25, 0.3) is 0 Å². The van der Waals surface area contributed by atoms with E-state index >= 15 is 0 Å². The van der Waals surface area contributed by atoms with E-state index in [4.69, 9.17) is 9.47 Å². The molecule has 0 saturated carbocycles. The maximum Gasteiger partial charge on any atom is 0.122 e. The third-order valence-corrected chi connectivity index (χ3v) is 5.26. The van der Waals surface area contributed by atoms with Gasteiger partial charge in [0.2, 0.25) is 0 Å². The van der Waals surface area contributed by atoms with Crippen LogP contribution in [0.1, 0.15) is 17.5 Å². The predicted molar refractivity (Wildman–Crippen MR) is 111 cm³/mol. The number of piperazine rings is 1. The molecular formula is C23H32N2O2. The quantitative estimate of drug-likeness (QED) is 0.633. The van der Waals surface area contributed by atoms with Gasteiger partial charge in [-0.05, 0) is 55.6 Å². The standard InChI is InChI=1S/C23H32N2O2/c1-24-14-16-25(17-15-24)13-6-18-27-23-10-4-3-8-21(23)12-11-20-7-5-9-22(19-20)26-2/h3-5,7-10,19H,6,11-18H2,1-2H3. The Morgan fingerprint density at radius 1 is 0.926 bits per heavy atom. The fourth-order valence-corrected chi connectivity index (χ4v) is 3.50. The van der Waals surface area contributed by atoms with Crippen molar-refractivity contribution in [2.45, 2.75) is 19.3 Å². The number of hydrogen-bond acceptors (Lipinski definition) is 4. The van der Waals surface area contributed by atoms with Crippen molar-refractivity contribution in [3.05, 3.63) is 59.7 Å². The lowest BCUT2D eigenvalue weighted by Gasteiger charge is -2.32. The molecule has 1 aliphatic rings. The summed E-state index contributed by atoms with van der Waals surface area (Å²) >= 11 is 0. The number of nitrogens with zero attached hydrogens (tertiary/aromatic N) is 2. The second kappa shape index (κ2) is 10.3. The molecule has 0 atom stereocenters. The van der Waals surface area contributed by atoms with Crippen LogP contribution in [-0.4, -0.2) is 63.3 Å². The third-order valence-electron chi connectivity index (χ3n) is 5.26. The number of methoxy groups -OCH3 is 1. The van der Waals surface area contributed by atoms with Crippen LogP contribution in [0.3, 0.4) is 0 Å². The van der Waals surface area contributed by atoms with Crippen LogP contribution in [0.2, 0.25) is 0 Å². The molecular weight excluding hydrogens is 336 g/mol. The van der Waals surface area contributed by atoms with Crippen LogP contribution in [0, 0.1) is 0 Å². The lowest BCUT2D eigenvalue weighted by atomic mass is 10.0. The van der Waals surface area contributed by atoms with Crippen molar-refractivity contribution in [2.24, 2.45) is 0 Å². The largest absolute Gasteiger partial charge is 0.497 e. The van der Waals surface area contributed by atoms with E-state index in [0.717, 1.165) is 43.9 Å². The molecule has 0 radical (unpaired) electrons. The van der Waals surface area contributed by atoms with Crippen molar-refractivity contribution in [2.75, 3.05) is 53.5 Å². The summed E-state index contributed by atoms with van der Waals surface area (Å²) in [6.45, 7) is 6.60. The first-order chi connectivity index (χ1) is 13.2. The first-order valence-corrected chi connectivity index (χ1v) is 9.99. The minimum Gasteiger partial charge on any atom is -0.497 e. The zero-order valence-electron chi connectivity index (χ0n) is 16.7. The van der Waals surface area contributed by atoms with Crippen LogP contribution in [0.15, 0.2) is 48.5 Å². The zero-order chi connectivity index (χ0) is 18.9. The molecule has 4 heteroatoms. The highest BCUT2D eigenvalue weighted by atomic mass is 16.5. The molecule has 3 rings (SSSR count). The fraction of sp³-hybridized carbons (Fsp3) is 0.478. The summed E-state index contributed by atoms with van der Waals surface area (Å²) in [7, 11) is 3.91. The van der Waals surface area contributed by atoms with E-state index < -0.39 is 0 Å². The zero-order valence-corrected chi connectivity index (χ0v) is 16.7. The maximum atomic E-state index is 6.12. The molecule has 1 saturated heterocycles. The van der Waals surface area contributed by atoms with Gasteiger partial charge in [0.05, 0.1) is 13.7 Å². The van der Waals surface area contributed by atoms with Crippen molar-refractivity contribution < 1.29 is 9.47 Å². The Morgan fingerprint density at radius 2 is 1.74 bits per heavy atom. The Morgan fingerprint density at radius 3 is 2.56 bits per heavy atom. The number of aryl methyl sites for hydroxylation is 2. The molecule has 0 spiro atoms. The average Bonchev–Trinajstić information content (AvgIpc) is 2.72. The minimum absolute atomic E-state index is 0.780. The first-order valence-electron chi connectivity index (χ1n) is 9.99. The molecule has 1 aliphatic heterocycles. The summed E-state index contributed by atoms with van der Waals surface area (Å²) < 4.78 is 11.4. The third kappa shape index (κ3) is 6.26. The Bertz CT molecular complexity index is 696. The van der Waals surface area contributed by atoms with E-state index in [1.54, 1.807) is 7.11 Å². The molecule has 0 aromatic heterocycles. The second-order valence-corrected chi connectivity index (χ2v) is 7.31. The van der Waals surface area contributed by atoms with Crippen molar-refractivity contribution in [1.82, 2.24) is 9.80 Å². The first kappa shape index (κ1) is 19.7. The van der Waals surface area contributed by atoms with Crippen molar-refractivity contribution in [3.63, 3.8) is 0 Å². The topological polar surface area (TPSA) is 24.9 Å². The SMILES string of the molecule is COc1cccc(CCc2ccccc2OCCCN2CCN(C)CC2)c1. The van der Waals surface area contributed by atoms with Gasteiger partial charge in [-0.25, -0.2) is 0 Å². The van der Waals surface area contributed by atoms with E-state index in [0.29, 0.717) is 0 Å². The van der Waals surface area contributed by atoms with Crippen LogP contribution in [0.4, 0.5) is 0 Å². The second-order valence-electron chi connectivity index (χ2n) is 7.31. The summed E-state index contributed by atoms with van der Waals surface area (Å²) in [6.07, 6.45) is 3.04. The monoisotopic (exact) mass is 368 g/mol. The molecule has 0 aliphatic carbocycles. The molecule has 146 valence electrons. The van der Waals surface area contributed by atoms with E-state index in [9.17, 15) is 0 Å². The Kier molecular flexibility index (Phi) is 7.55. The Balaban J connectivity index is 1.45. The summed E-state index contributed by atoms with van der Waals surface area (Å²) in [5.74, 6) is 1.94. The lowest BCUT2D eigenvalue weighted by molar-refractivity contribution is 0.145. The number of ether oxygens (including phenoxy) is 2. The van der Waals surface area contributed by atoms with E-state index in [-0.39, 0.29) is 0 Å². The summed E-state index contributed by atoms with van der Waals surface area (Å²) in [5, 5.41) is 0. The highest BCUT2D eigenvalue weighted by molar-refractivity contribution is 5.35.